The molecule has 0 saturated carbocycles. The van der Waals surface area contributed by atoms with Gasteiger partial charge in [0.05, 0.1) is 6.54 Å². The van der Waals surface area contributed by atoms with Crippen LogP contribution in [0.1, 0.15) is 17.0 Å². The molecule has 2 heterocycles. The fourth-order valence-corrected chi connectivity index (χ4v) is 2.71. The topological polar surface area (TPSA) is 47.1 Å². The van der Waals surface area contributed by atoms with E-state index in [1.165, 1.54) is 16.8 Å². The van der Waals surface area contributed by atoms with Crippen LogP contribution in [0.2, 0.25) is 0 Å². The maximum absolute atomic E-state index is 5.63. The van der Waals surface area contributed by atoms with Crippen LogP contribution >= 0.6 is 0 Å². The standard InChI is InChI=1S/C15H20N4/c1-12-10-14(3-2-13(12)4-5-16)19-9-8-18-7-6-17-15(18)11-19/h2-3,6-7,10H,4-5,8-9,11,16H2,1H3. The van der Waals surface area contributed by atoms with Gasteiger partial charge in [0, 0.05) is 31.2 Å². The Balaban J connectivity index is 1.82. The molecular weight excluding hydrogens is 236 g/mol. The lowest BCUT2D eigenvalue weighted by atomic mass is 10.0. The lowest BCUT2D eigenvalue weighted by Crippen LogP contribution is -2.33. The lowest BCUT2D eigenvalue weighted by Gasteiger charge is -2.30. The van der Waals surface area contributed by atoms with Gasteiger partial charge in [-0.2, -0.15) is 0 Å². The summed E-state index contributed by atoms with van der Waals surface area (Å²) in [6, 6.07) is 6.68. The van der Waals surface area contributed by atoms with Crippen LogP contribution in [0.15, 0.2) is 30.6 Å². The van der Waals surface area contributed by atoms with E-state index in [4.69, 9.17) is 5.73 Å². The number of anilines is 1. The van der Waals surface area contributed by atoms with Crippen molar-refractivity contribution in [2.45, 2.75) is 26.4 Å². The third kappa shape index (κ3) is 2.36. The molecule has 100 valence electrons. The Morgan fingerprint density at radius 3 is 3.00 bits per heavy atom. The summed E-state index contributed by atoms with van der Waals surface area (Å²) in [5.74, 6) is 1.15. The number of nitrogens with zero attached hydrogens (tertiary/aromatic N) is 3. The molecule has 2 N–H and O–H groups in total. The summed E-state index contributed by atoms with van der Waals surface area (Å²) < 4.78 is 2.23. The van der Waals surface area contributed by atoms with Crippen molar-refractivity contribution >= 4 is 5.69 Å². The van der Waals surface area contributed by atoms with Crippen molar-refractivity contribution in [1.29, 1.82) is 0 Å². The normalized spacial score (nSPS) is 14.5. The molecule has 0 spiro atoms. The minimum absolute atomic E-state index is 0.710. The fraction of sp³-hybridized carbons (Fsp3) is 0.400. The zero-order valence-corrected chi connectivity index (χ0v) is 11.3. The van der Waals surface area contributed by atoms with Crippen molar-refractivity contribution in [3.05, 3.63) is 47.5 Å². The van der Waals surface area contributed by atoms with Gasteiger partial charge in [-0.1, -0.05) is 6.07 Å². The number of hydrogen-bond acceptors (Lipinski definition) is 3. The van der Waals surface area contributed by atoms with Gasteiger partial charge in [-0.25, -0.2) is 4.98 Å². The molecule has 0 amide bonds. The van der Waals surface area contributed by atoms with Crippen molar-refractivity contribution in [1.82, 2.24) is 9.55 Å². The van der Waals surface area contributed by atoms with Crippen LogP contribution in [0.4, 0.5) is 5.69 Å². The van der Waals surface area contributed by atoms with E-state index in [-0.39, 0.29) is 0 Å². The predicted octanol–water partition coefficient (Wildman–Crippen LogP) is 1.71. The van der Waals surface area contributed by atoms with E-state index in [9.17, 15) is 0 Å². The largest absolute Gasteiger partial charge is 0.362 e. The summed E-state index contributed by atoms with van der Waals surface area (Å²) in [4.78, 5) is 6.80. The molecule has 1 aliphatic rings. The first-order chi connectivity index (χ1) is 9.28. The summed E-state index contributed by atoms with van der Waals surface area (Å²) in [6.07, 6.45) is 4.90. The average Bonchev–Trinajstić information content (AvgIpc) is 2.88. The first-order valence-electron chi connectivity index (χ1n) is 6.82. The second-order valence-corrected chi connectivity index (χ2v) is 5.11. The first kappa shape index (κ1) is 12.2. The number of aromatic nitrogens is 2. The Labute approximate surface area is 113 Å². The van der Waals surface area contributed by atoms with E-state index < -0.39 is 0 Å². The highest BCUT2D eigenvalue weighted by atomic mass is 15.2. The van der Waals surface area contributed by atoms with E-state index >= 15 is 0 Å². The molecule has 1 aromatic carbocycles. The van der Waals surface area contributed by atoms with Crippen molar-refractivity contribution in [3.8, 4) is 0 Å². The van der Waals surface area contributed by atoms with Gasteiger partial charge in [-0.05, 0) is 43.1 Å². The second-order valence-electron chi connectivity index (χ2n) is 5.11. The number of benzene rings is 1. The third-order valence-electron chi connectivity index (χ3n) is 3.85. The molecule has 4 heteroatoms. The van der Waals surface area contributed by atoms with Crippen molar-refractivity contribution < 1.29 is 0 Å². The summed E-state index contributed by atoms with van der Waals surface area (Å²) in [5, 5.41) is 0. The second kappa shape index (κ2) is 5.05. The Morgan fingerprint density at radius 2 is 2.21 bits per heavy atom. The van der Waals surface area contributed by atoms with E-state index in [1.54, 1.807) is 0 Å². The molecular formula is C15H20N4. The number of nitrogens with two attached hydrogens (primary N) is 1. The Hall–Kier alpha value is -1.81. The summed E-state index contributed by atoms with van der Waals surface area (Å²) in [6.45, 7) is 5.82. The number of aryl methyl sites for hydroxylation is 1. The Kier molecular flexibility index (Phi) is 3.25. The van der Waals surface area contributed by atoms with Gasteiger partial charge < -0.3 is 15.2 Å². The van der Waals surface area contributed by atoms with E-state index in [2.05, 4.69) is 45.8 Å². The van der Waals surface area contributed by atoms with Gasteiger partial charge in [0.1, 0.15) is 5.82 Å². The van der Waals surface area contributed by atoms with Crippen LogP contribution in [-0.4, -0.2) is 22.6 Å². The summed E-state index contributed by atoms with van der Waals surface area (Å²) >= 11 is 0. The first-order valence-corrected chi connectivity index (χ1v) is 6.82. The molecule has 0 fully saturated rings. The minimum Gasteiger partial charge on any atom is -0.362 e. The van der Waals surface area contributed by atoms with Crippen LogP contribution in [0.5, 0.6) is 0 Å². The zero-order chi connectivity index (χ0) is 13.2. The smallest absolute Gasteiger partial charge is 0.128 e. The molecule has 0 atom stereocenters. The molecule has 19 heavy (non-hydrogen) atoms. The molecule has 0 bridgehead atoms. The van der Waals surface area contributed by atoms with Crippen molar-refractivity contribution in [3.63, 3.8) is 0 Å². The summed E-state index contributed by atoms with van der Waals surface area (Å²) in [7, 11) is 0. The van der Waals surface area contributed by atoms with Gasteiger partial charge in [0.25, 0.3) is 0 Å². The molecule has 4 nitrogen and oxygen atoms in total. The number of fused-ring (bicyclic) bond motifs is 1. The van der Waals surface area contributed by atoms with Gasteiger partial charge in [-0.15, -0.1) is 0 Å². The Bertz CT molecular complexity index is 573. The zero-order valence-electron chi connectivity index (χ0n) is 11.3. The van der Waals surface area contributed by atoms with E-state index in [0.29, 0.717) is 6.54 Å². The highest BCUT2D eigenvalue weighted by molar-refractivity contribution is 5.51. The van der Waals surface area contributed by atoms with Crippen molar-refractivity contribution in [2.24, 2.45) is 5.73 Å². The van der Waals surface area contributed by atoms with Crippen LogP contribution in [0.25, 0.3) is 0 Å². The number of rotatable bonds is 3. The molecule has 0 radical (unpaired) electrons. The minimum atomic E-state index is 0.710. The monoisotopic (exact) mass is 256 g/mol. The summed E-state index contributed by atoms with van der Waals surface area (Å²) in [5.41, 5.74) is 9.60. The van der Waals surface area contributed by atoms with Crippen LogP contribution < -0.4 is 10.6 Å². The molecule has 1 aromatic heterocycles. The maximum Gasteiger partial charge on any atom is 0.128 e. The SMILES string of the molecule is Cc1cc(N2CCn3ccnc3C2)ccc1CCN. The molecule has 3 rings (SSSR count). The maximum atomic E-state index is 5.63. The van der Waals surface area contributed by atoms with Gasteiger partial charge in [0.15, 0.2) is 0 Å². The quantitative estimate of drug-likeness (QED) is 0.909. The van der Waals surface area contributed by atoms with Crippen LogP contribution in [-0.2, 0) is 19.5 Å². The number of imidazole rings is 1. The lowest BCUT2D eigenvalue weighted by molar-refractivity contribution is 0.560. The van der Waals surface area contributed by atoms with Gasteiger partial charge in [-0.3, -0.25) is 0 Å². The average molecular weight is 256 g/mol. The Morgan fingerprint density at radius 1 is 1.32 bits per heavy atom. The van der Waals surface area contributed by atoms with Crippen LogP contribution in [0, 0.1) is 6.92 Å². The molecule has 0 aliphatic carbocycles. The fourth-order valence-electron chi connectivity index (χ4n) is 2.71. The van der Waals surface area contributed by atoms with Gasteiger partial charge in [0.2, 0.25) is 0 Å². The van der Waals surface area contributed by atoms with E-state index in [1.807, 2.05) is 6.20 Å². The highest BCUT2D eigenvalue weighted by Crippen LogP contribution is 2.23. The highest BCUT2D eigenvalue weighted by Gasteiger charge is 2.17. The molecule has 0 unspecified atom stereocenters. The predicted molar refractivity (Wildman–Crippen MR) is 77.2 cm³/mol. The molecule has 1 aliphatic heterocycles. The molecule has 0 saturated heterocycles. The third-order valence-corrected chi connectivity index (χ3v) is 3.85. The van der Waals surface area contributed by atoms with Gasteiger partial charge >= 0.3 is 0 Å². The van der Waals surface area contributed by atoms with Crippen molar-refractivity contribution in [2.75, 3.05) is 18.0 Å². The van der Waals surface area contributed by atoms with Crippen LogP contribution in [0.3, 0.4) is 0 Å². The number of hydrogen-bond donors (Lipinski definition) is 1. The van der Waals surface area contributed by atoms with E-state index in [0.717, 1.165) is 31.9 Å². The molecule has 2 aromatic rings.